The predicted molar refractivity (Wildman–Crippen MR) is 95.6 cm³/mol. The smallest absolute Gasteiger partial charge is 0.233 e. The molecule has 138 valence electrons. The van der Waals surface area contributed by atoms with Crippen molar-refractivity contribution in [1.82, 2.24) is 10.2 Å². The third-order valence-electron chi connectivity index (χ3n) is 5.85. The van der Waals surface area contributed by atoms with E-state index < -0.39 is 0 Å². The van der Waals surface area contributed by atoms with E-state index in [0.717, 1.165) is 12.8 Å². The number of carbonyl (C=O) groups excluding carboxylic acids is 3. The van der Waals surface area contributed by atoms with E-state index in [1.807, 2.05) is 12.2 Å². The number of rotatable bonds is 5. The van der Waals surface area contributed by atoms with Gasteiger partial charge in [-0.25, -0.2) is 0 Å². The van der Waals surface area contributed by atoms with E-state index in [9.17, 15) is 14.4 Å². The lowest BCUT2D eigenvalue weighted by atomic mass is 9.85. The maximum atomic E-state index is 12.4. The molecule has 0 spiro atoms. The fourth-order valence-electron chi connectivity index (χ4n) is 4.39. The topological polar surface area (TPSA) is 66.5 Å². The molecular weight excluding hydrogens is 316 g/mol. The number of nitrogens with one attached hydrogen (secondary N) is 1. The Morgan fingerprint density at radius 2 is 1.52 bits per heavy atom. The molecule has 0 unspecified atom stereocenters. The average molecular weight is 346 g/mol. The summed E-state index contributed by atoms with van der Waals surface area (Å²) in [6, 6.07) is 0.303. The third-order valence-corrected chi connectivity index (χ3v) is 5.85. The highest BCUT2D eigenvalue weighted by atomic mass is 16.2. The number of fused-ring (bicyclic) bond motifs is 1. The summed E-state index contributed by atoms with van der Waals surface area (Å²) < 4.78 is 0. The molecule has 1 aliphatic heterocycles. The number of allylic oxidation sites excluding steroid dienone is 2. The first-order valence-electron chi connectivity index (χ1n) is 9.96. The highest BCUT2D eigenvalue weighted by Crippen LogP contribution is 2.35. The van der Waals surface area contributed by atoms with E-state index in [2.05, 4.69) is 5.32 Å². The lowest BCUT2D eigenvalue weighted by Gasteiger charge is -2.21. The van der Waals surface area contributed by atoms with E-state index in [1.54, 1.807) is 0 Å². The Kier molecular flexibility index (Phi) is 6.27. The largest absolute Gasteiger partial charge is 0.353 e. The molecule has 5 heteroatoms. The number of imide groups is 1. The molecule has 1 saturated carbocycles. The summed E-state index contributed by atoms with van der Waals surface area (Å²) >= 11 is 0. The van der Waals surface area contributed by atoms with E-state index in [1.165, 1.54) is 37.0 Å². The van der Waals surface area contributed by atoms with Crippen LogP contribution in [-0.2, 0) is 14.4 Å². The summed E-state index contributed by atoms with van der Waals surface area (Å²) in [5.41, 5.74) is 0. The molecule has 3 amide bonds. The van der Waals surface area contributed by atoms with Gasteiger partial charge >= 0.3 is 0 Å². The van der Waals surface area contributed by atoms with Crippen LogP contribution in [0.3, 0.4) is 0 Å². The molecule has 0 aromatic carbocycles. The minimum Gasteiger partial charge on any atom is -0.353 e. The lowest BCUT2D eigenvalue weighted by molar-refractivity contribution is -0.140. The van der Waals surface area contributed by atoms with Gasteiger partial charge < -0.3 is 5.32 Å². The van der Waals surface area contributed by atoms with Crippen LogP contribution in [0.1, 0.15) is 70.6 Å². The molecule has 2 aliphatic carbocycles. The zero-order valence-corrected chi connectivity index (χ0v) is 15.0. The van der Waals surface area contributed by atoms with Gasteiger partial charge in [0.05, 0.1) is 11.8 Å². The highest BCUT2D eigenvalue weighted by Gasteiger charge is 2.46. The van der Waals surface area contributed by atoms with Crippen LogP contribution in [0.5, 0.6) is 0 Å². The van der Waals surface area contributed by atoms with Crippen molar-refractivity contribution in [2.45, 2.75) is 76.7 Å². The summed E-state index contributed by atoms with van der Waals surface area (Å²) in [5.74, 6) is -0.356. The molecule has 0 aromatic heterocycles. The molecule has 0 radical (unpaired) electrons. The van der Waals surface area contributed by atoms with Crippen molar-refractivity contribution in [3.05, 3.63) is 12.2 Å². The third kappa shape index (κ3) is 4.50. The van der Waals surface area contributed by atoms with Gasteiger partial charge in [0.2, 0.25) is 17.7 Å². The van der Waals surface area contributed by atoms with Crippen molar-refractivity contribution in [2.24, 2.45) is 11.8 Å². The second-order valence-corrected chi connectivity index (χ2v) is 7.70. The highest BCUT2D eigenvalue weighted by molar-refractivity contribution is 6.05. The maximum absolute atomic E-state index is 12.4. The van der Waals surface area contributed by atoms with E-state index in [0.29, 0.717) is 38.3 Å². The zero-order chi connectivity index (χ0) is 17.6. The SMILES string of the molecule is O=C(CCCN1C(=O)[C@H]2CC=CC[C@@H]2C1=O)NC1CCCCCCC1. The monoisotopic (exact) mass is 346 g/mol. The molecule has 2 atom stereocenters. The zero-order valence-electron chi connectivity index (χ0n) is 15.0. The number of likely N-dealkylation sites (tertiary alicyclic amines) is 1. The molecule has 5 nitrogen and oxygen atoms in total. The van der Waals surface area contributed by atoms with Gasteiger partial charge in [0, 0.05) is 19.0 Å². The first kappa shape index (κ1) is 18.2. The fraction of sp³-hybridized carbons (Fsp3) is 0.750. The number of hydrogen-bond donors (Lipinski definition) is 1. The van der Waals surface area contributed by atoms with Gasteiger partial charge in [0.1, 0.15) is 0 Å². The van der Waals surface area contributed by atoms with Crippen molar-refractivity contribution in [1.29, 1.82) is 0 Å². The minimum atomic E-state index is -0.166. The van der Waals surface area contributed by atoms with Crippen LogP contribution >= 0.6 is 0 Å². The number of hydrogen-bond acceptors (Lipinski definition) is 3. The number of amides is 3. The maximum Gasteiger partial charge on any atom is 0.233 e. The average Bonchev–Trinajstić information content (AvgIpc) is 2.82. The van der Waals surface area contributed by atoms with Gasteiger partial charge in [-0.05, 0) is 32.1 Å². The van der Waals surface area contributed by atoms with Crippen LogP contribution in [0.15, 0.2) is 12.2 Å². The Morgan fingerprint density at radius 3 is 2.12 bits per heavy atom. The van der Waals surface area contributed by atoms with Crippen molar-refractivity contribution in [3.63, 3.8) is 0 Å². The molecule has 2 fully saturated rings. The molecular formula is C20H30N2O3. The van der Waals surface area contributed by atoms with Gasteiger partial charge in [-0.3, -0.25) is 19.3 Å². The Balaban J connectivity index is 1.41. The van der Waals surface area contributed by atoms with Gasteiger partial charge in [-0.2, -0.15) is 0 Å². The van der Waals surface area contributed by atoms with Crippen molar-refractivity contribution >= 4 is 17.7 Å². The fourth-order valence-corrected chi connectivity index (χ4v) is 4.39. The molecule has 25 heavy (non-hydrogen) atoms. The Labute approximate surface area is 150 Å². The predicted octanol–water partition coefficient (Wildman–Crippen LogP) is 2.95. The van der Waals surface area contributed by atoms with Crippen LogP contribution in [0, 0.1) is 11.8 Å². The van der Waals surface area contributed by atoms with Crippen LogP contribution in [-0.4, -0.2) is 35.2 Å². The van der Waals surface area contributed by atoms with Gasteiger partial charge in [0.15, 0.2) is 0 Å². The molecule has 3 aliphatic rings. The molecule has 1 heterocycles. The summed E-state index contributed by atoms with van der Waals surface area (Å²) in [5, 5.41) is 3.15. The van der Waals surface area contributed by atoms with Crippen LogP contribution < -0.4 is 5.32 Å². The summed E-state index contributed by atoms with van der Waals surface area (Å²) in [7, 11) is 0. The first-order chi connectivity index (χ1) is 12.2. The van der Waals surface area contributed by atoms with Crippen molar-refractivity contribution in [3.8, 4) is 0 Å². The second kappa shape index (κ2) is 8.63. The Hall–Kier alpha value is -1.65. The van der Waals surface area contributed by atoms with Crippen molar-refractivity contribution < 1.29 is 14.4 Å². The lowest BCUT2D eigenvalue weighted by Crippen LogP contribution is -2.36. The van der Waals surface area contributed by atoms with E-state index in [4.69, 9.17) is 0 Å². The van der Waals surface area contributed by atoms with E-state index >= 15 is 0 Å². The Morgan fingerprint density at radius 1 is 0.960 bits per heavy atom. The van der Waals surface area contributed by atoms with Gasteiger partial charge in [0.25, 0.3) is 0 Å². The van der Waals surface area contributed by atoms with Gasteiger partial charge in [-0.1, -0.05) is 44.3 Å². The molecule has 3 rings (SSSR count). The van der Waals surface area contributed by atoms with Gasteiger partial charge in [-0.15, -0.1) is 0 Å². The standard InChI is InChI=1S/C20H30N2O3/c23-18(21-15-9-4-2-1-3-5-10-15)13-8-14-22-19(24)16-11-6-7-12-17(16)20(22)25/h6-7,15-17H,1-5,8-14H2,(H,21,23)/t16-,17-/m0/s1. The van der Waals surface area contributed by atoms with Crippen molar-refractivity contribution in [2.75, 3.05) is 6.54 Å². The molecule has 1 N–H and O–H groups in total. The summed E-state index contributed by atoms with van der Waals surface area (Å²) in [4.78, 5) is 38.4. The van der Waals surface area contributed by atoms with Crippen LogP contribution in [0.2, 0.25) is 0 Å². The second-order valence-electron chi connectivity index (χ2n) is 7.70. The Bertz CT molecular complexity index is 509. The first-order valence-corrected chi connectivity index (χ1v) is 9.96. The minimum absolute atomic E-state index is 0.0419. The summed E-state index contributed by atoms with van der Waals surface area (Å²) in [6.07, 6.45) is 14.7. The van der Waals surface area contributed by atoms with Crippen LogP contribution in [0.4, 0.5) is 0 Å². The van der Waals surface area contributed by atoms with Crippen LogP contribution in [0.25, 0.3) is 0 Å². The number of carbonyl (C=O) groups is 3. The molecule has 0 bridgehead atoms. The quantitative estimate of drug-likeness (QED) is 0.615. The molecule has 1 saturated heterocycles. The normalized spacial score (nSPS) is 27.8. The molecule has 0 aromatic rings. The summed E-state index contributed by atoms with van der Waals surface area (Å²) in [6.45, 7) is 0.378. The van der Waals surface area contributed by atoms with E-state index in [-0.39, 0.29) is 29.6 Å². The number of nitrogens with zero attached hydrogens (tertiary/aromatic N) is 1.